The zero-order valence-corrected chi connectivity index (χ0v) is 18.5. The molecule has 1 aromatic heterocycles. The predicted molar refractivity (Wildman–Crippen MR) is 128 cm³/mol. The largest absolute Gasteiger partial charge is 0.287 e. The van der Waals surface area contributed by atoms with E-state index in [0.29, 0.717) is 5.92 Å². The molecule has 0 bridgehead atoms. The number of nitrogens with zero attached hydrogens (tertiary/aromatic N) is 2. The summed E-state index contributed by atoms with van der Waals surface area (Å²) >= 11 is 14.3. The minimum absolute atomic E-state index is 0.298. The minimum Gasteiger partial charge on any atom is -0.287 e. The molecule has 5 heteroatoms. The van der Waals surface area contributed by atoms with Crippen LogP contribution in [0.3, 0.4) is 0 Å². The molecule has 0 radical (unpaired) electrons. The van der Waals surface area contributed by atoms with E-state index in [9.17, 15) is 0 Å². The molecule has 1 saturated carbocycles. The van der Waals surface area contributed by atoms with E-state index in [-0.39, 0.29) is 0 Å². The van der Waals surface area contributed by atoms with Gasteiger partial charge >= 0.3 is 0 Å². The van der Waals surface area contributed by atoms with Crippen molar-refractivity contribution < 1.29 is 0 Å². The fourth-order valence-electron chi connectivity index (χ4n) is 3.60. The van der Waals surface area contributed by atoms with E-state index < -0.39 is 4.33 Å². The molecule has 0 aliphatic heterocycles. The number of alkyl halides is 2. The highest BCUT2D eigenvalue weighted by atomic mass is 35.5. The van der Waals surface area contributed by atoms with Gasteiger partial charge in [-0.1, -0.05) is 90.6 Å². The number of thioether (sulfide) groups is 1. The lowest BCUT2D eigenvalue weighted by atomic mass is 10.0. The van der Waals surface area contributed by atoms with Gasteiger partial charge in [0.2, 0.25) is 0 Å². The predicted octanol–water partition coefficient (Wildman–Crippen LogP) is 7.49. The molecule has 0 amide bonds. The van der Waals surface area contributed by atoms with Crippen LogP contribution >= 0.6 is 35.0 Å². The lowest BCUT2D eigenvalue weighted by Crippen LogP contribution is -2.01. The van der Waals surface area contributed by atoms with Crippen molar-refractivity contribution in [3.8, 4) is 28.2 Å². The first-order valence-electron chi connectivity index (χ1n) is 9.93. The summed E-state index contributed by atoms with van der Waals surface area (Å²) in [7, 11) is 0. The number of para-hydroxylation sites is 1. The van der Waals surface area contributed by atoms with Crippen LogP contribution in [0.15, 0.2) is 96.2 Å². The second-order valence-corrected chi connectivity index (χ2v) is 10.00. The zero-order valence-electron chi connectivity index (χ0n) is 16.2. The molecule has 1 unspecified atom stereocenters. The van der Waals surface area contributed by atoms with Crippen LogP contribution < -0.4 is 0 Å². The van der Waals surface area contributed by atoms with Gasteiger partial charge < -0.3 is 0 Å². The van der Waals surface area contributed by atoms with Crippen LogP contribution in [0.25, 0.3) is 28.2 Å². The number of aromatic nitrogens is 2. The highest BCUT2D eigenvalue weighted by Gasteiger charge is 2.51. The third kappa shape index (κ3) is 3.90. The van der Waals surface area contributed by atoms with E-state index >= 15 is 0 Å². The van der Waals surface area contributed by atoms with E-state index in [4.69, 9.17) is 28.2 Å². The number of imidazole rings is 1. The fraction of sp³-hybridized carbons (Fsp3) is 0.160. The summed E-state index contributed by atoms with van der Waals surface area (Å²) in [6.07, 6.45) is 0.840. The van der Waals surface area contributed by atoms with Gasteiger partial charge in [0.05, 0.1) is 11.4 Å². The van der Waals surface area contributed by atoms with Crippen molar-refractivity contribution in [1.29, 1.82) is 0 Å². The SMILES string of the molecule is ClC1(Cl)CC1CSc1nc(-c2ccccc2)c(-c2ccccc2)n1-c1ccccc1. The Morgan fingerprint density at radius 1 is 0.833 bits per heavy atom. The Morgan fingerprint density at radius 2 is 1.37 bits per heavy atom. The number of hydrogen-bond acceptors (Lipinski definition) is 2. The maximum Gasteiger partial charge on any atom is 0.173 e. The molecule has 4 aromatic rings. The van der Waals surface area contributed by atoms with Crippen molar-refractivity contribution >= 4 is 35.0 Å². The van der Waals surface area contributed by atoms with E-state index in [0.717, 1.165) is 45.5 Å². The van der Waals surface area contributed by atoms with Crippen molar-refractivity contribution in [1.82, 2.24) is 9.55 Å². The van der Waals surface area contributed by atoms with Gasteiger partial charge in [0.25, 0.3) is 0 Å². The summed E-state index contributed by atoms with van der Waals surface area (Å²) in [4.78, 5) is 5.12. The smallest absolute Gasteiger partial charge is 0.173 e. The molecule has 2 nitrogen and oxygen atoms in total. The van der Waals surface area contributed by atoms with Gasteiger partial charge in [0.1, 0.15) is 4.33 Å². The zero-order chi connectivity index (χ0) is 20.6. The van der Waals surface area contributed by atoms with Crippen LogP contribution in [0.5, 0.6) is 0 Å². The van der Waals surface area contributed by atoms with Crippen molar-refractivity contribution in [2.45, 2.75) is 15.9 Å². The molecule has 0 saturated heterocycles. The summed E-state index contributed by atoms with van der Waals surface area (Å²) < 4.78 is 1.68. The van der Waals surface area contributed by atoms with Gasteiger partial charge in [-0.05, 0) is 18.6 Å². The standard InChI is InChI=1S/C25H20Cl2N2S/c26-25(27)16-20(25)17-30-24-28-22(18-10-4-1-5-11-18)23(19-12-6-2-7-13-19)29(24)21-14-8-3-9-15-21/h1-15,20H,16-17H2. The third-order valence-corrected chi connectivity index (χ3v) is 7.35. The summed E-state index contributed by atoms with van der Waals surface area (Å²) in [5, 5.41) is 0.954. The summed E-state index contributed by atoms with van der Waals surface area (Å²) in [6, 6.07) is 31.2. The number of rotatable bonds is 6. The first-order chi connectivity index (χ1) is 14.6. The van der Waals surface area contributed by atoms with E-state index in [1.807, 2.05) is 18.2 Å². The molecule has 0 N–H and O–H groups in total. The molecule has 1 aliphatic rings. The van der Waals surface area contributed by atoms with Crippen LogP contribution in [-0.2, 0) is 0 Å². The van der Waals surface area contributed by atoms with Gasteiger partial charge in [0.15, 0.2) is 5.16 Å². The number of hydrogen-bond donors (Lipinski definition) is 0. The lowest BCUT2D eigenvalue weighted by molar-refractivity contribution is 0.891. The second kappa shape index (κ2) is 8.14. The van der Waals surface area contributed by atoms with Crippen LogP contribution in [0.1, 0.15) is 6.42 Å². The Hall–Kier alpha value is -2.20. The van der Waals surface area contributed by atoms with E-state index in [2.05, 4.69) is 77.4 Å². The van der Waals surface area contributed by atoms with Gasteiger partial charge in [-0.15, -0.1) is 23.2 Å². The quantitative estimate of drug-likeness (QED) is 0.223. The molecule has 5 rings (SSSR count). The normalized spacial score (nSPS) is 17.1. The first kappa shape index (κ1) is 19.7. The number of benzene rings is 3. The fourth-order valence-corrected chi connectivity index (χ4v) is 5.54. The summed E-state index contributed by atoms with van der Waals surface area (Å²) in [5.41, 5.74) is 5.40. The molecule has 1 fully saturated rings. The van der Waals surface area contributed by atoms with Crippen LogP contribution in [0.2, 0.25) is 0 Å². The lowest BCUT2D eigenvalue weighted by Gasteiger charge is -2.13. The highest BCUT2D eigenvalue weighted by Crippen LogP contribution is 2.55. The molecular weight excluding hydrogens is 431 g/mol. The van der Waals surface area contributed by atoms with E-state index in [1.54, 1.807) is 11.8 Å². The van der Waals surface area contributed by atoms with Crippen molar-refractivity contribution in [3.05, 3.63) is 91.0 Å². The Kier molecular flexibility index (Phi) is 5.36. The Balaban J connectivity index is 1.69. The molecule has 30 heavy (non-hydrogen) atoms. The molecule has 0 spiro atoms. The molecule has 3 aromatic carbocycles. The Labute approximate surface area is 190 Å². The molecule has 1 aliphatic carbocycles. The van der Waals surface area contributed by atoms with Crippen molar-refractivity contribution in [3.63, 3.8) is 0 Å². The molecule has 1 heterocycles. The maximum absolute atomic E-state index is 6.28. The second-order valence-electron chi connectivity index (χ2n) is 7.47. The van der Waals surface area contributed by atoms with Crippen molar-refractivity contribution in [2.24, 2.45) is 5.92 Å². The van der Waals surface area contributed by atoms with Gasteiger partial charge in [-0.2, -0.15) is 0 Å². The maximum atomic E-state index is 6.28. The highest BCUT2D eigenvalue weighted by molar-refractivity contribution is 7.99. The Bertz CT molecular complexity index is 1140. The van der Waals surface area contributed by atoms with Gasteiger partial charge in [-0.25, -0.2) is 4.98 Å². The van der Waals surface area contributed by atoms with Gasteiger partial charge in [0, 0.05) is 28.5 Å². The topological polar surface area (TPSA) is 17.8 Å². The van der Waals surface area contributed by atoms with Crippen molar-refractivity contribution in [2.75, 3.05) is 5.75 Å². The monoisotopic (exact) mass is 450 g/mol. The van der Waals surface area contributed by atoms with Crippen LogP contribution in [0, 0.1) is 5.92 Å². The Morgan fingerprint density at radius 3 is 1.93 bits per heavy atom. The van der Waals surface area contributed by atoms with Gasteiger partial charge in [-0.3, -0.25) is 4.57 Å². The molecular formula is C25H20Cl2N2S. The first-order valence-corrected chi connectivity index (χ1v) is 11.7. The summed E-state index contributed by atoms with van der Waals surface area (Å²) in [6.45, 7) is 0. The minimum atomic E-state index is -0.582. The molecule has 1 atom stereocenters. The third-order valence-electron chi connectivity index (χ3n) is 5.32. The average Bonchev–Trinajstić information content (AvgIpc) is 3.23. The van der Waals surface area contributed by atoms with E-state index in [1.165, 1.54) is 0 Å². The summed E-state index contributed by atoms with van der Waals surface area (Å²) in [5.74, 6) is 1.14. The molecule has 150 valence electrons. The van der Waals surface area contributed by atoms with Crippen LogP contribution in [0.4, 0.5) is 0 Å². The van der Waals surface area contributed by atoms with Crippen LogP contribution in [-0.4, -0.2) is 19.6 Å². The average molecular weight is 451 g/mol. The number of halogens is 2.